The second-order valence-electron chi connectivity index (χ2n) is 4.23. The zero-order chi connectivity index (χ0) is 10.8. The van der Waals surface area contributed by atoms with E-state index in [1.807, 2.05) is 6.92 Å². The van der Waals surface area contributed by atoms with Gasteiger partial charge in [0.1, 0.15) is 5.82 Å². The van der Waals surface area contributed by atoms with E-state index in [-0.39, 0.29) is 0 Å². The molecule has 82 valence electrons. The second-order valence-corrected chi connectivity index (χ2v) is 4.50. The fourth-order valence-corrected chi connectivity index (χ4v) is 2.43. The second kappa shape index (κ2) is 4.40. The van der Waals surface area contributed by atoms with Crippen LogP contribution in [0.1, 0.15) is 31.0 Å². The highest BCUT2D eigenvalue weighted by atomic mass is 35.5. The highest BCUT2D eigenvalue weighted by molar-refractivity contribution is 6.17. The minimum Gasteiger partial charge on any atom is -0.354 e. The van der Waals surface area contributed by atoms with Gasteiger partial charge in [-0.05, 0) is 38.3 Å². The first-order chi connectivity index (χ1) is 7.22. The number of nitrogens with zero attached hydrogens (tertiary/aromatic N) is 2. The highest BCUT2D eigenvalue weighted by Gasteiger charge is 2.21. The monoisotopic (exact) mass is 224 g/mol. The molecule has 1 aliphatic rings. The predicted octanol–water partition coefficient (Wildman–Crippen LogP) is 3.12. The van der Waals surface area contributed by atoms with Gasteiger partial charge in [0.05, 0.1) is 0 Å². The van der Waals surface area contributed by atoms with Crippen LogP contribution < -0.4 is 4.90 Å². The molecule has 2 rings (SSSR count). The molecule has 0 aliphatic carbocycles. The molecule has 3 heteroatoms. The van der Waals surface area contributed by atoms with Crippen LogP contribution in [0.15, 0.2) is 12.1 Å². The maximum absolute atomic E-state index is 5.82. The molecule has 0 amide bonds. The summed E-state index contributed by atoms with van der Waals surface area (Å²) in [6, 6.07) is 4.81. The number of hydrogen-bond acceptors (Lipinski definition) is 2. The molecule has 1 aromatic rings. The summed E-state index contributed by atoms with van der Waals surface area (Å²) >= 11 is 5.82. The molecule has 1 aliphatic heterocycles. The summed E-state index contributed by atoms with van der Waals surface area (Å²) in [7, 11) is 0. The summed E-state index contributed by atoms with van der Waals surface area (Å²) in [5, 5.41) is 0. The Morgan fingerprint density at radius 3 is 2.87 bits per heavy atom. The lowest BCUT2D eigenvalue weighted by Gasteiger charge is -2.23. The zero-order valence-corrected chi connectivity index (χ0v) is 10.1. The van der Waals surface area contributed by atoms with Gasteiger partial charge in [0.25, 0.3) is 0 Å². The van der Waals surface area contributed by atoms with Crippen molar-refractivity contribution in [1.29, 1.82) is 0 Å². The van der Waals surface area contributed by atoms with Crippen molar-refractivity contribution in [3.63, 3.8) is 0 Å². The van der Waals surface area contributed by atoms with Gasteiger partial charge in [-0.25, -0.2) is 4.98 Å². The number of rotatable bonds is 2. The zero-order valence-electron chi connectivity index (χ0n) is 9.33. The van der Waals surface area contributed by atoms with E-state index in [0.717, 1.165) is 23.6 Å². The molecule has 1 unspecified atom stereocenters. The smallest absolute Gasteiger partial charge is 0.129 e. The summed E-state index contributed by atoms with van der Waals surface area (Å²) in [6.07, 6.45) is 2.55. The van der Waals surface area contributed by atoms with E-state index >= 15 is 0 Å². The van der Waals surface area contributed by atoms with Crippen LogP contribution in [0.3, 0.4) is 0 Å². The highest BCUT2D eigenvalue weighted by Crippen LogP contribution is 2.24. The number of anilines is 1. The molecular formula is C12H17ClN2. The number of halogens is 1. The molecule has 2 nitrogen and oxygen atoms in total. The average molecular weight is 225 g/mol. The normalized spacial score (nSPS) is 21.0. The summed E-state index contributed by atoms with van der Waals surface area (Å²) in [4.78, 5) is 7.00. The van der Waals surface area contributed by atoms with Crippen LogP contribution in [-0.2, 0) is 5.88 Å². The van der Waals surface area contributed by atoms with Crippen molar-refractivity contribution < 1.29 is 0 Å². The van der Waals surface area contributed by atoms with E-state index in [0.29, 0.717) is 11.9 Å². The molecule has 1 saturated heterocycles. The Bertz CT molecular complexity index is 351. The topological polar surface area (TPSA) is 16.1 Å². The lowest BCUT2D eigenvalue weighted by atomic mass is 10.2. The molecule has 0 aromatic carbocycles. The minimum absolute atomic E-state index is 0.550. The van der Waals surface area contributed by atoms with Crippen LogP contribution in [0.2, 0.25) is 0 Å². The van der Waals surface area contributed by atoms with Gasteiger partial charge in [-0.3, -0.25) is 0 Å². The molecule has 0 radical (unpaired) electrons. The Kier molecular flexibility index (Phi) is 3.15. The third-order valence-corrected chi connectivity index (χ3v) is 3.46. The van der Waals surface area contributed by atoms with E-state index in [2.05, 4.69) is 28.9 Å². The molecular weight excluding hydrogens is 208 g/mol. The third-order valence-electron chi connectivity index (χ3n) is 3.17. The van der Waals surface area contributed by atoms with Crippen LogP contribution in [0.25, 0.3) is 0 Å². The van der Waals surface area contributed by atoms with E-state index < -0.39 is 0 Å². The van der Waals surface area contributed by atoms with Crippen molar-refractivity contribution in [3.8, 4) is 0 Å². The van der Waals surface area contributed by atoms with Gasteiger partial charge in [-0.1, -0.05) is 6.07 Å². The maximum Gasteiger partial charge on any atom is 0.129 e. The molecule has 1 atom stereocenters. The number of alkyl halides is 1. The van der Waals surface area contributed by atoms with E-state index in [4.69, 9.17) is 11.6 Å². The Morgan fingerprint density at radius 1 is 1.53 bits per heavy atom. The van der Waals surface area contributed by atoms with Gasteiger partial charge >= 0.3 is 0 Å². The van der Waals surface area contributed by atoms with E-state index in [1.165, 1.54) is 12.8 Å². The molecule has 0 spiro atoms. The van der Waals surface area contributed by atoms with E-state index in [1.54, 1.807) is 0 Å². The van der Waals surface area contributed by atoms with Crippen LogP contribution >= 0.6 is 11.6 Å². The Hall–Kier alpha value is -0.760. The first-order valence-electron chi connectivity index (χ1n) is 5.51. The first kappa shape index (κ1) is 10.7. The first-order valence-corrected chi connectivity index (χ1v) is 6.05. The van der Waals surface area contributed by atoms with Gasteiger partial charge in [0, 0.05) is 24.2 Å². The van der Waals surface area contributed by atoms with Gasteiger partial charge in [0.2, 0.25) is 0 Å². The lowest BCUT2D eigenvalue weighted by molar-refractivity contribution is 0.726. The van der Waals surface area contributed by atoms with Crippen molar-refractivity contribution >= 4 is 17.4 Å². The Balaban J connectivity index is 2.25. The summed E-state index contributed by atoms with van der Waals surface area (Å²) < 4.78 is 0. The largest absolute Gasteiger partial charge is 0.354 e. The molecule has 0 saturated carbocycles. The molecule has 15 heavy (non-hydrogen) atoms. The predicted molar refractivity (Wildman–Crippen MR) is 64.6 cm³/mol. The Labute approximate surface area is 96.3 Å². The molecule has 0 N–H and O–H groups in total. The third kappa shape index (κ3) is 2.10. The summed E-state index contributed by atoms with van der Waals surface area (Å²) in [5.41, 5.74) is 2.19. The van der Waals surface area contributed by atoms with Crippen molar-refractivity contribution in [2.45, 2.75) is 38.6 Å². The molecule has 1 fully saturated rings. The quantitative estimate of drug-likeness (QED) is 0.718. The Morgan fingerprint density at radius 2 is 2.33 bits per heavy atom. The summed E-state index contributed by atoms with van der Waals surface area (Å²) in [6.45, 7) is 5.43. The number of aryl methyl sites for hydroxylation is 1. The van der Waals surface area contributed by atoms with Crippen molar-refractivity contribution in [1.82, 2.24) is 4.98 Å². The van der Waals surface area contributed by atoms with Gasteiger partial charge in [-0.2, -0.15) is 0 Å². The van der Waals surface area contributed by atoms with Gasteiger partial charge in [-0.15, -0.1) is 11.6 Å². The van der Waals surface area contributed by atoms with Crippen molar-refractivity contribution in [2.75, 3.05) is 11.4 Å². The fraction of sp³-hybridized carbons (Fsp3) is 0.583. The molecule has 2 heterocycles. The minimum atomic E-state index is 0.550. The number of pyridine rings is 1. The fourth-order valence-electron chi connectivity index (χ4n) is 2.15. The summed E-state index contributed by atoms with van der Waals surface area (Å²) in [5.74, 6) is 1.65. The van der Waals surface area contributed by atoms with Crippen LogP contribution in [-0.4, -0.2) is 17.6 Å². The molecule has 1 aromatic heterocycles. The van der Waals surface area contributed by atoms with Crippen molar-refractivity contribution in [3.05, 3.63) is 23.4 Å². The SMILES string of the molecule is Cc1nc(N2CCCC2C)ccc1CCl. The van der Waals surface area contributed by atoms with Gasteiger partial charge < -0.3 is 4.90 Å². The maximum atomic E-state index is 5.82. The van der Waals surface area contributed by atoms with Crippen LogP contribution in [0.4, 0.5) is 5.82 Å². The van der Waals surface area contributed by atoms with E-state index in [9.17, 15) is 0 Å². The standard InChI is InChI=1S/C12H17ClN2/c1-9-4-3-7-15(9)12-6-5-11(8-13)10(2)14-12/h5-6,9H,3-4,7-8H2,1-2H3. The average Bonchev–Trinajstić information content (AvgIpc) is 2.64. The lowest BCUT2D eigenvalue weighted by Crippen LogP contribution is -2.27. The molecule has 0 bridgehead atoms. The van der Waals surface area contributed by atoms with Crippen LogP contribution in [0, 0.1) is 6.92 Å². The van der Waals surface area contributed by atoms with Crippen LogP contribution in [0.5, 0.6) is 0 Å². The number of aromatic nitrogens is 1. The van der Waals surface area contributed by atoms with Crippen molar-refractivity contribution in [2.24, 2.45) is 0 Å². The number of hydrogen-bond donors (Lipinski definition) is 0. The van der Waals surface area contributed by atoms with Gasteiger partial charge in [0.15, 0.2) is 0 Å².